The summed E-state index contributed by atoms with van der Waals surface area (Å²) < 4.78 is 28.5. The van der Waals surface area contributed by atoms with Gasteiger partial charge in [-0.05, 0) is 72.5 Å². The molecule has 39 heavy (non-hydrogen) atoms. The SMILES string of the molecule is COc1cc([C@@H]2c3cc4c(cc3[C@H](OC(C)=O)[C@@H]3COC(=O)[C@@H]23)OCO4)cc2nc3cc(C)c(C)cc3nc12. The number of esters is 2. The van der Waals surface area contributed by atoms with Crippen LogP contribution in [0.15, 0.2) is 36.4 Å². The number of carbonyl (C=O) groups excluding carboxylic acids is 2. The molecule has 3 aromatic carbocycles. The lowest BCUT2D eigenvalue weighted by molar-refractivity contribution is -0.152. The summed E-state index contributed by atoms with van der Waals surface area (Å²) in [5.74, 6) is -0.418. The normalized spacial score (nSPS) is 22.9. The van der Waals surface area contributed by atoms with E-state index in [0.717, 1.165) is 38.9 Å². The van der Waals surface area contributed by atoms with Gasteiger partial charge >= 0.3 is 11.9 Å². The van der Waals surface area contributed by atoms with Crippen LogP contribution in [0.3, 0.4) is 0 Å². The lowest BCUT2D eigenvalue weighted by Crippen LogP contribution is -2.36. The number of aromatic nitrogens is 2. The summed E-state index contributed by atoms with van der Waals surface area (Å²) in [6.45, 7) is 5.71. The van der Waals surface area contributed by atoms with Gasteiger partial charge in [-0.3, -0.25) is 9.59 Å². The van der Waals surface area contributed by atoms with Crippen molar-refractivity contribution in [3.8, 4) is 17.2 Å². The average molecular weight is 527 g/mol. The third kappa shape index (κ3) is 3.60. The largest absolute Gasteiger partial charge is 0.494 e. The number of methoxy groups -OCH3 is 1. The van der Waals surface area contributed by atoms with Gasteiger partial charge in [0.25, 0.3) is 0 Å². The van der Waals surface area contributed by atoms with E-state index in [2.05, 4.69) is 0 Å². The first kappa shape index (κ1) is 23.7. The Morgan fingerprint density at radius 1 is 0.897 bits per heavy atom. The van der Waals surface area contributed by atoms with Gasteiger partial charge in [0.1, 0.15) is 17.4 Å². The summed E-state index contributed by atoms with van der Waals surface area (Å²) in [5, 5.41) is 0. The molecule has 1 aromatic heterocycles. The number of cyclic esters (lactones) is 1. The molecular weight excluding hydrogens is 500 g/mol. The molecular formula is C30H26N2O7. The third-order valence-electron chi connectivity index (χ3n) is 8.13. The second-order valence-corrected chi connectivity index (χ2v) is 10.4. The second-order valence-electron chi connectivity index (χ2n) is 10.4. The first-order chi connectivity index (χ1) is 18.8. The van der Waals surface area contributed by atoms with Crippen molar-refractivity contribution >= 4 is 34.0 Å². The highest BCUT2D eigenvalue weighted by molar-refractivity contribution is 5.91. The fraction of sp³-hybridized carbons (Fsp3) is 0.333. The van der Waals surface area contributed by atoms with Gasteiger partial charge in [-0.25, -0.2) is 9.97 Å². The molecule has 1 aliphatic carbocycles. The number of benzene rings is 3. The Kier molecular flexibility index (Phi) is 5.20. The van der Waals surface area contributed by atoms with Gasteiger partial charge in [0.05, 0.1) is 36.2 Å². The molecule has 9 heteroatoms. The molecule has 198 valence electrons. The number of fused-ring (bicyclic) bond motifs is 5. The summed E-state index contributed by atoms with van der Waals surface area (Å²) in [6.07, 6.45) is -0.656. The van der Waals surface area contributed by atoms with Gasteiger partial charge in [-0.15, -0.1) is 0 Å². The van der Waals surface area contributed by atoms with Crippen LogP contribution in [0.25, 0.3) is 22.1 Å². The minimum Gasteiger partial charge on any atom is -0.494 e. The summed E-state index contributed by atoms with van der Waals surface area (Å²) in [6, 6.07) is 11.7. The Hall–Kier alpha value is -4.40. The van der Waals surface area contributed by atoms with Crippen molar-refractivity contribution in [3.05, 3.63) is 64.2 Å². The minimum atomic E-state index is -0.656. The van der Waals surface area contributed by atoms with Crippen LogP contribution >= 0.6 is 0 Å². The van der Waals surface area contributed by atoms with Crippen LogP contribution in [0.4, 0.5) is 0 Å². The van der Waals surface area contributed by atoms with E-state index < -0.39 is 23.9 Å². The number of aryl methyl sites for hydroxylation is 2. The lowest BCUT2D eigenvalue weighted by atomic mass is 9.66. The Bertz CT molecular complexity index is 1720. The van der Waals surface area contributed by atoms with Gasteiger partial charge in [-0.2, -0.15) is 0 Å². The monoisotopic (exact) mass is 526 g/mol. The molecule has 1 saturated heterocycles. The minimum absolute atomic E-state index is 0.0986. The van der Waals surface area contributed by atoms with Crippen molar-refractivity contribution in [2.24, 2.45) is 11.8 Å². The van der Waals surface area contributed by atoms with Crippen LogP contribution < -0.4 is 14.2 Å². The van der Waals surface area contributed by atoms with Crippen molar-refractivity contribution in [3.63, 3.8) is 0 Å². The number of rotatable bonds is 3. The highest BCUT2D eigenvalue weighted by Gasteiger charge is 2.54. The lowest BCUT2D eigenvalue weighted by Gasteiger charge is -2.38. The maximum atomic E-state index is 13.3. The highest BCUT2D eigenvalue weighted by atomic mass is 16.7. The number of carbonyl (C=O) groups is 2. The van der Waals surface area contributed by atoms with Crippen LogP contribution in [-0.2, 0) is 19.1 Å². The fourth-order valence-electron chi connectivity index (χ4n) is 6.20. The quantitative estimate of drug-likeness (QED) is 0.278. The zero-order chi connectivity index (χ0) is 27.0. The molecule has 0 bridgehead atoms. The van der Waals surface area contributed by atoms with Crippen molar-refractivity contribution in [1.29, 1.82) is 0 Å². The number of ether oxygens (including phenoxy) is 5. The van der Waals surface area contributed by atoms with Crippen LogP contribution in [0.1, 0.15) is 46.8 Å². The number of hydrogen-bond acceptors (Lipinski definition) is 9. The second kappa shape index (κ2) is 8.56. The van der Waals surface area contributed by atoms with Gasteiger partial charge < -0.3 is 23.7 Å². The Morgan fingerprint density at radius 3 is 2.28 bits per heavy atom. The first-order valence-corrected chi connectivity index (χ1v) is 12.9. The van der Waals surface area contributed by atoms with E-state index in [4.69, 9.17) is 33.7 Å². The van der Waals surface area contributed by atoms with Crippen molar-refractivity contribution in [2.75, 3.05) is 20.5 Å². The maximum Gasteiger partial charge on any atom is 0.310 e. The van der Waals surface area contributed by atoms with Crippen molar-refractivity contribution in [2.45, 2.75) is 32.8 Å². The van der Waals surface area contributed by atoms with Crippen molar-refractivity contribution in [1.82, 2.24) is 9.97 Å². The van der Waals surface area contributed by atoms with Crippen LogP contribution in [0.5, 0.6) is 17.2 Å². The topological polar surface area (TPSA) is 106 Å². The maximum absolute atomic E-state index is 13.3. The molecule has 4 atom stereocenters. The molecule has 7 rings (SSSR count). The Balaban J connectivity index is 1.48. The third-order valence-corrected chi connectivity index (χ3v) is 8.13. The van der Waals surface area contributed by atoms with Crippen molar-refractivity contribution < 1.29 is 33.3 Å². The van der Waals surface area contributed by atoms with Gasteiger partial charge in [0, 0.05) is 24.3 Å². The summed E-state index contributed by atoms with van der Waals surface area (Å²) in [7, 11) is 1.60. The highest BCUT2D eigenvalue weighted by Crippen LogP contribution is 2.55. The molecule has 0 spiro atoms. The predicted molar refractivity (Wildman–Crippen MR) is 140 cm³/mol. The fourth-order valence-corrected chi connectivity index (χ4v) is 6.20. The predicted octanol–water partition coefficient (Wildman–Crippen LogP) is 4.68. The summed E-state index contributed by atoms with van der Waals surface area (Å²) in [4.78, 5) is 35.2. The molecule has 3 aliphatic rings. The van der Waals surface area contributed by atoms with E-state index in [0.29, 0.717) is 28.3 Å². The number of hydrogen-bond donors (Lipinski definition) is 0. The molecule has 0 N–H and O–H groups in total. The van der Waals surface area contributed by atoms with Gasteiger partial charge in [0.15, 0.2) is 11.5 Å². The van der Waals surface area contributed by atoms with E-state index >= 15 is 0 Å². The van der Waals surface area contributed by atoms with Crippen LogP contribution in [-0.4, -0.2) is 42.4 Å². The van der Waals surface area contributed by atoms with Gasteiger partial charge in [0.2, 0.25) is 6.79 Å². The summed E-state index contributed by atoms with van der Waals surface area (Å²) in [5.41, 5.74) is 7.55. The summed E-state index contributed by atoms with van der Waals surface area (Å²) >= 11 is 0. The van der Waals surface area contributed by atoms with E-state index in [9.17, 15) is 9.59 Å². The Morgan fingerprint density at radius 2 is 1.59 bits per heavy atom. The molecule has 3 heterocycles. The van der Waals surface area contributed by atoms with E-state index in [1.807, 2.05) is 50.2 Å². The molecule has 0 radical (unpaired) electrons. The zero-order valence-electron chi connectivity index (χ0n) is 21.9. The van der Waals surface area contributed by atoms with Crippen LogP contribution in [0, 0.1) is 25.7 Å². The first-order valence-electron chi connectivity index (χ1n) is 12.9. The van der Waals surface area contributed by atoms with E-state index in [-0.39, 0.29) is 25.3 Å². The Labute approximate surface area is 224 Å². The molecule has 2 aliphatic heterocycles. The van der Waals surface area contributed by atoms with E-state index in [1.54, 1.807) is 7.11 Å². The molecule has 1 fully saturated rings. The van der Waals surface area contributed by atoms with E-state index in [1.165, 1.54) is 6.92 Å². The molecule has 4 aromatic rings. The zero-order valence-corrected chi connectivity index (χ0v) is 21.9. The molecule has 0 amide bonds. The van der Waals surface area contributed by atoms with Gasteiger partial charge in [-0.1, -0.05) is 0 Å². The molecule has 0 saturated carbocycles. The molecule has 0 unspecified atom stereocenters. The average Bonchev–Trinajstić information content (AvgIpc) is 3.53. The standard InChI is InChI=1S/C30H26N2O7/c1-13-5-20-21(6-14(13)2)32-28-22(31-20)7-16(8-25(28)35-4)26-17-9-23-24(38-12-37-23)10-18(17)29(39-15(3)33)19-11-36-30(34)27(19)26/h5-10,19,26-27,29H,11-12H2,1-4H3/t19-,26-,27-,29+/m1/s1. The molecule has 9 nitrogen and oxygen atoms in total. The smallest absolute Gasteiger partial charge is 0.310 e. The van der Waals surface area contributed by atoms with Crippen LogP contribution in [0.2, 0.25) is 0 Å². The number of nitrogens with zero attached hydrogens (tertiary/aromatic N) is 2.